The smallest absolute Gasteiger partial charge is 0.253 e. The Labute approximate surface area is 141 Å². The van der Waals surface area contributed by atoms with Gasteiger partial charge in [0.25, 0.3) is 5.91 Å². The zero-order valence-corrected chi connectivity index (χ0v) is 13.8. The monoisotopic (exact) mass is 332 g/mol. The number of amides is 2. The number of rotatable bonds is 3. The third-order valence-electron chi connectivity index (χ3n) is 4.50. The maximum atomic E-state index is 12.5. The standard InChI is InChI=1S/C18H21ClN2O2/c19-15-9-8-14(18(23)21-10-4-5-11-21)12-16(15)20-17(22)13-6-2-1-3-7-13/h1-2,8-9,12-13H,3-7,10-11H2,(H,20,22)/t13-/m1/s1. The Morgan fingerprint density at radius 1 is 1.17 bits per heavy atom. The highest BCUT2D eigenvalue weighted by atomic mass is 35.5. The lowest BCUT2D eigenvalue weighted by Crippen LogP contribution is -2.28. The number of nitrogens with one attached hydrogen (secondary N) is 1. The molecule has 0 unspecified atom stereocenters. The fourth-order valence-corrected chi connectivity index (χ4v) is 3.29. The summed E-state index contributed by atoms with van der Waals surface area (Å²) in [5, 5.41) is 3.35. The fourth-order valence-electron chi connectivity index (χ4n) is 3.12. The first-order valence-corrected chi connectivity index (χ1v) is 8.57. The number of halogens is 1. The molecule has 0 saturated carbocycles. The molecule has 1 saturated heterocycles. The summed E-state index contributed by atoms with van der Waals surface area (Å²) in [5.41, 5.74) is 1.10. The van der Waals surface area contributed by atoms with Gasteiger partial charge in [-0.15, -0.1) is 0 Å². The highest BCUT2D eigenvalue weighted by molar-refractivity contribution is 6.33. The summed E-state index contributed by atoms with van der Waals surface area (Å²) in [6, 6.07) is 5.10. The molecule has 23 heavy (non-hydrogen) atoms. The molecule has 1 aliphatic heterocycles. The van der Waals surface area contributed by atoms with Gasteiger partial charge in [-0.1, -0.05) is 23.8 Å². The highest BCUT2D eigenvalue weighted by Crippen LogP contribution is 2.27. The molecule has 1 aromatic carbocycles. The van der Waals surface area contributed by atoms with Crippen molar-refractivity contribution >= 4 is 29.1 Å². The maximum Gasteiger partial charge on any atom is 0.253 e. The second kappa shape index (κ2) is 7.18. The number of anilines is 1. The van der Waals surface area contributed by atoms with E-state index in [1.807, 2.05) is 11.0 Å². The van der Waals surface area contributed by atoms with Crippen molar-refractivity contribution in [2.24, 2.45) is 5.92 Å². The third kappa shape index (κ3) is 3.75. The Bertz CT molecular complexity index is 636. The molecule has 1 N–H and O–H groups in total. The van der Waals surface area contributed by atoms with Crippen LogP contribution < -0.4 is 5.32 Å². The lowest BCUT2D eigenvalue weighted by atomic mass is 9.93. The summed E-state index contributed by atoms with van der Waals surface area (Å²) in [6.45, 7) is 1.61. The van der Waals surface area contributed by atoms with Crippen molar-refractivity contribution in [3.8, 4) is 0 Å². The summed E-state index contributed by atoms with van der Waals surface area (Å²) >= 11 is 6.19. The van der Waals surface area contributed by atoms with Gasteiger partial charge in [-0.3, -0.25) is 9.59 Å². The van der Waals surface area contributed by atoms with Crippen molar-refractivity contribution in [2.45, 2.75) is 32.1 Å². The van der Waals surface area contributed by atoms with Crippen molar-refractivity contribution in [1.82, 2.24) is 4.90 Å². The second-order valence-electron chi connectivity index (χ2n) is 6.16. The van der Waals surface area contributed by atoms with Crippen LogP contribution in [0.4, 0.5) is 5.69 Å². The van der Waals surface area contributed by atoms with Gasteiger partial charge in [0, 0.05) is 24.6 Å². The normalized spacial score (nSPS) is 20.6. The van der Waals surface area contributed by atoms with Crippen molar-refractivity contribution in [2.75, 3.05) is 18.4 Å². The molecular weight excluding hydrogens is 312 g/mol. The van der Waals surface area contributed by atoms with Gasteiger partial charge in [-0.2, -0.15) is 0 Å². The first kappa shape index (κ1) is 16.1. The quantitative estimate of drug-likeness (QED) is 0.854. The predicted molar refractivity (Wildman–Crippen MR) is 91.7 cm³/mol. The second-order valence-corrected chi connectivity index (χ2v) is 6.57. The summed E-state index contributed by atoms with van der Waals surface area (Å²) < 4.78 is 0. The van der Waals surface area contributed by atoms with Crippen molar-refractivity contribution in [3.05, 3.63) is 40.9 Å². The van der Waals surface area contributed by atoms with Crippen LogP contribution in [-0.4, -0.2) is 29.8 Å². The first-order valence-electron chi connectivity index (χ1n) is 8.20. The lowest BCUT2D eigenvalue weighted by Gasteiger charge is -2.19. The van der Waals surface area contributed by atoms with Gasteiger partial charge in [0.1, 0.15) is 0 Å². The topological polar surface area (TPSA) is 49.4 Å². The van der Waals surface area contributed by atoms with E-state index in [0.29, 0.717) is 16.3 Å². The molecule has 0 aromatic heterocycles. The van der Waals surface area contributed by atoms with Gasteiger partial charge in [-0.05, 0) is 50.3 Å². The zero-order valence-electron chi connectivity index (χ0n) is 13.1. The SMILES string of the molecule is O=C(Nc1cc(C(=O)N2CCCC2)ccc1Cl)[C@@H]1CC=CCC1. The van der Waals surface area contributed by atoms with E-state index < -0.39 is 0 Å². The minimum atomic E-state index is -0.0259. The predicted octanol–water partition coefficient (Wildman–Crippen LogP) is 3.87. The molecule has 0 bridgehead atoms. The summed E-state index contributed by atoms with van der Waals surface area (Å²) in [7, 11) is 0. The molecule has 4 nitrogen and oxygen atoms in total. The molecular formula is C18H21ClN2O2. The molecule has 1 fully saturated rings. The van der Waals surface area contributed by atoms with Crippen LogP contribution in [0.2, 0.25) is 5.02 Å². The average Bonchev–Trinajstić information content (AvgIpc) is 3.11. The van der Waals surface area contributed by atoms with Crippen LogP contribution in [-0.2, 0) is 4.79 Å². The van der Waals surface area contributed by atoms with Gasteiger partial charge >= 0.3 is 0 Å². The van der Waals surface area contributed by atoms with E-state index >= 15 is 0 Å². The zero-order chi connectivity index (χ0) is 16.2. The molecule has 3 rings (SSSR count). The fraction of sp³-hybridized carbons (Fsp3) is 0.444. The number of carbonyl (C=O) groups excluding carboxylic acids is 2. The van der Waals surface area contributed by atoms with E-state index in [9.17, 15) is 9.59 Å². The van der Waals surface area contributed by atoms with E-state index in [4.69, 9.17) is 11.6 Å². The molecule has 2 aliphatic rings. The van der Waals surface area contributed by atoms with E-state index in [0.717, 1.165) is 45.2 Å². The summed E-state index contributed by atoms with van der Waals surface area (Å²) in [4.78, 5) is 26.7. The molecule has 5 heteroatoms. The van der Waals surface area contributed by atoms with Gasteiger partial charge in [0.05, 0.1) is 10.7 Å². The van der Waals surface area contributed by atoms with Gasteiger partial charge in [-0.25, -0.2) is 0 Å². The molecule has 122 valence electrons. The molecule has 0 spiro atoms. The summed E-state index contributed by atoms with van der Waals surface area (Å²) in [6.07, 6.45) is 8.80. The van der Waals surface area contributed by atoms with E-state index in [1.165, 1.54) is 0 Å². The molecule has 0 radical (unpaired) electrons. The van der Waals surface area contributed by atoms with Crippen LogP contribution in [0.1, 0.15) is 42.5 Å². The van der Waals surface area contributed by atoms with E-state index in [1.54, 1.807) is 18.2 Å². The lowest BCUT2D eigenvalue weighted by molar-refractivity contribution is -0.120. The molecule has 2 amide bonds. The van der Waals surface area contributed by atoms with Crippen molar-refractivity contribution < 1.29 is 9.59 Å². The maximum absolute atomic E-state index is 12.5. The number of hydrogen-bond acceptors (Lipinski definition) is 2. The van der Waals surface area contributed by atoms with Gasteiger partial charge in [0.15, 0.2) is 0 Å². The molecule has 1 aromatic rings. The van der Waals surface area contributed by atoms with Gasteiger partial charge < -0.3 is 10.2 Å². The van der Waals surface area contributed by atoms with Crippen molar-refractivity contribution in [1.29, 1.82) is 0 Å². The Morgan fingerprint density at radius 2 is 1.96 bits per heavy atom. The Hall–Kier alpha value is -1.81. The Balaban J connectivity index is 1.73. The van der Waals surface area contributed by atoms with Crippen LogP contribution in [0.15, 0.2) is 30.4 Å². The largest absolute Gasteiger partial charge is 0.339 e. The minimum absolute atomic E-state index is 0.00950. The number of nitrogens with zero attached hydrogens (tertiary/aromatic N) is 1. The third-order valence-corrected chi connectivity index (χ3v) is 4.83. The van der Waals surface area contributed by atoms with Crippen molar-refractivity contribution in [3.63, 3.8) is 0 Å². The van der Waals surface area contributed by atoms with E-state index in [2.05, 4.69) is 11.4 Å². The Kier molecular flexibility index (Phi) is 5.01. The van der Waals surface area contributed by atoms with Gasteiger partial charge in [0.2, 0.25) is 5.91 Å². The number of benzene rings is 1. The summed E-state index contributed by atoms with van der Waals surface area (Å²) in [5.74, 6) is -0.0358. The van der Waals surface area contributed by atoms with Crippen LogP contribution >= 0.6 is 11.6 Å². The number of allylic oxidation sites excluding steroid dienone is 2. The molecule has 1 aliphatic carbocycles. The van der Waals surface area contributed by atoms with E-state index in [-0.39, 0.29) is 17.7 Å². The minimum Gasteiger partial charge on any atom is -0.339 e. The van der Waals surface area contributed by atoms with Crippen LogP contribution in [0.5, 0.6) is 0 Å². The number of carbonyl (C=O) groups is 2. The van der Waals surface area contributed by atoms with Crippen LogP contribution in [0.25, 0.3) is 0 Å². The molecule has 1 heterocycles. The molecule has 1 atom stereocenters. The first-order chi connectivity index (χ1) is 11.1. The Morgan fingerprint density at radius 3 is 2.65 bits per heavy atom. The number of hydrogen-bond donors (Lipinski definition) is 1. The highest BCUT2D eigenvalue weighted by Gasteiger charge is 2.22. The van der Waals surface area contributed by atoms with Crippen LogP contribution in [0, 0.1) is 5.92 Å². The number of likely N-dealkylation sites (tertiary alicyclic amines) is 1. The van der Waals surface area contributed by atoms with Crippen LogP contribution in [0.3, 0.4) is 0 Å². The average molecular weight is 333 g/mol.